The second kappa shape index (κ2) is 4.89. The molecule has 0 aliphatic rings. The summed E-state index contributed by atoms with van der Waals surface area (Å²) in [5.74, 6) is 0. The molecular weight excluding hydrogens is 260 g/mol. The Morgan fingerprint density at radius 1 is 1.37 bits per heavy atom. The summed E-state index contributed by atoms with van der Waals surface area (Å²) < 4.78 is 1.66. The Morgan fingerprint density at radius 3 is 3.05 bits per heavy atom. The topological polar surface area (TPSA) is 60.7 Å². The van der Waals surface area contributed by atoms with E-state index in [2.05, 4.69) is 15.0 Å². The van der Waals surface area contributed by atoms with E-state index in [1.54, 1.807) is 29.5 Å². The van der Waals surface area contributed by atoms with Gasteiger partial charge in [0.15, 0.2) is 0 Å². The van der Waals surface area contributed by atoms with Crippen molar-refractivity contribution in [3.05, 3.63) is 52.4 Å². The number of hydrogen-bond acceptors (Lipinski definition) is 5. The predicted octanol–water partition coefficient (Wildman–Crippen LogP) is 2.05. The first-order valence-corrected chi connectivity index (χ1v) is 6.83. The Kier molecular flexibility index (Phi) is 3.08. The summed E-state index contributed by atoms with van der Waals surface area (Å²) in [7, 11) is 0. The predicted molar refractivity (Wildman–Crippen MR) is 74.3 cm³/mol. The molecular formula is C13H12N4OS. The minimum Gasteiger partial charge on any atom is -0.295 e. The SMILES string of the molecule is C[C@@H](Cc1cnccn1)n1cnc2sccc2c1=O. The third-order valence-electron chi connectivity index (χ3n) is 3.01. The molecule has 6 heteroatoms. The Balaban J connectivity index is 1.95. The smallest absolute Gasteiger partial charge is 0.262 e. The van der Waals surface area contributed by atoms with E-state index in [0.717, 1.165) is 10.5 Å². The van der Waals surface area contributed by atoms with Crippen molar-refractivity contribution in [1.29, 1.82) is 0 Å². The fraction of sp³-hybridized carbons (Fsp3) is 0.231. The number of aromatic nitrogens is 4. The molecule has 5 nitrogen and oxygen atoms in total. The van der Waals surface area contributed by atoms with E-state index < -0.39 is 0 Å². The van der Waals surface area contributed by atoms with Gasteiger partial charge in [0.1, 0.15) is 4.83 Å². The Bertz CT molecular complexity index is 750. The van der Waals surface area contributed by atoms with E-state index >= 15 is 0 Å². The van der Waals surface area contributed by atoms with Gasteiger partial charge in [-0.25, -0.2) is 4.98 Å². The van der Waals surface area contributed by atoms with E-state index in [1.807, 2.05) is 18.4 Å². The highest BCUT2D eigenvalue weighted by atomic mass is 32.1. The standard InChI is InChI=1S/C13H12N4OS/c1-9(6-10-7-14-3-4-15-10)17-8-16-12-11(13(17)18)2-5-19-12/h2-5,7-9H,6H2,1H3/t9-/m0/s1. The molecule has 0 fully saturated rings. The van der Waals surface area contributed by atoms with E-state index in [9.17, 15) is 4.79 Å². The average Bonchev–Trinajstić information content (AvgIpc) is 2.89. The van der Waals surface area contributed by atoms with Crippen molar-refractivity contribution in [3.8, 4) is 0 Å². The Morgan fingerprint density at radius 2 is 2.26 bits per heavy atom. The molecule has 3 aromatic rings. The normalized spacial score (nSPS) is 12.7. The third kappa shape index (κ3) is 2.26. The van der Waals surface area contributed by atoms with Crippen LogP contribution in [0, 0.1) is 0 Å². The lowest BCUT2D eigenvalue weighted by Crippen LogP contribution is -2.24. The van der Waals surface area contributed by atoms with Gasteiger partial charge in [-0.15, -0.1) is 11.3 Å². The van der Waals surface area contributed by atoms with Crippen LogP contribution in [0.25, 0.3) is 10.2 Å². The van der Waals surface area contributed by atoms with Gasteiger partial charge in [-0.1, -0.05) is 0 Å². The average molecular weight is 272 g/mol. The van der Waals surface area contributed by atoms with Crippen LogP contribution in [-0.2, 0) is 6.42 Å². The highest BCUT2D eigenvalue weighted by Gasteiger charge is 2.11. The zero-order chi connectivity index (χ0) is 13.2. The zero-order valence-electron chi connectivity index (χ0n) is 10.4. The van der Waals surface area contributed by atoms with E-state index in [-0.39, 0.29) is 11.6 Å². The van der Waals surface area contributed by atoms with Crippen molar-refractivity contribution in [1.82, 2.24) is 19.5 Å². The molecule has 0 N–H and O–H groups in total. The molecule has 0 aliphatic carbocycles. The lowest BCUT2D eigenvalue weighted by atomic mass is 10.2. The van der Waals surface area contributed by atoms with Crippen LogP contribution in [-0.4, -0.2) is 19.5 Å². The molecule has 96 valence electrons. The second-order valence-electron chi connectivity index (χ2n) is 4.35. The summed E-state index contributed by atoms with van der Waals surface area (Å²) in [6.45, 7) is 1.98. The first-order valence-electron chi connectivity index (χ1n) is 5.95. The van der Waals surface area contributed by atoms with Gasteiger partial charge in [0.05, 0.1) is 17.4 Å². The third-order valence-corrected chi connectivity index (χ3v) is 3.83. The zero-order valence-corrected chi connectivity index (χ0v) is 11.2. The van der Waals surface area contributed by atoms with Crippen LogP contribution in [0.4, 0.5) is 0 Å². The molecule has 0 aliphatic heterocycles. The monoisotopic (exact) mass is 272 g/mol. The van der Waals surface area contributed by atoms with Crippen LogP contribution in [0.3, 0.4) is 0 Å². The van der Waals surface area contributed by atoms with E-state index in [1.165, 1.54) is 11.3 Å². The molecule has 0 aromatic carbocycles. The van der Waals surface area contributed by atoms with Crippen molar-refractivity contribution >= 4 is 21.6 Å². The first kappa shape index (κ1) is 12.0. The van der Waals surface area contributed by atoms with Gasteiger partial charge >= 0.3 is 0 Å². The van der Waals surface area contributed by atoms with Crippen molar-refractivity contribution in [3.63, 3.8) is 0 Å². The minimum absolute atomic E-state index is 0.000926. The van der Waals surface area contributed by atoms with Crippen LogP contribution in [0.15, 0.2) is 41.2 Å². The van der Waals surface area contributed by atoms with Gasteiger partial charge in [-0.05, 0) is 18.4 Å². The molecule has 0 unspecified atom stereocenters. The Hall–Kier alpha value is -2.08. The number of thiophene rings is 1. The van der Waals surface area contributed by atoms with Crippen LogP contribution < -0.4 is 5.56 Å². The van der Waals surface area contributed by atoms with Crippen molar-refractivity contribution in [2.75, 3.05) is 0 Å². The second-order valence-corrected chi connectivity index (χ2v) is 5.24. The molecule has 0 saturated heterocycles. The fourth-order valence-corrected chi connectivity index (χ4v) is 2.74. The van der Waals surface area contributed by atoms with Gasteiger partial charge in [0.25, 0.3) is 5.56 Å². The molecule has 0 saturated carbocycles. The fourth-order valence-electron chi connectivity index (χ4n) is 2.02. The summed E-state index contributed by atoms with van der Waals surface area (Å²) in [6, 6.07) is 1.82. The maximum atomic E-state index is 12.3. The van der Waals surface area contributed by atoms with Gasteiger partial charge in [-0.3, -0.25) is 19.3 Å². The highest BCUT2D eigenvalue weighted by Crippen LogP contribution is 2.16. The Labute approximate surface area is 113 Å². The first-order chi connectivity index (χ1) is 9.25. The largest absolute Gasteiger partial charge is 0.295 e. The van der Waals surface area contributed by atoms with Crippen molar-refractivity contribution < 1.29 is 0 Å². The summed E-state index contributed by atoms with van der Waals surface area (Å²) >= 11 is 1.48. The molecule has 19 heavy (non-hydrogen) atoms. The van der Waals surface area contributed by atoms with Gasteiger partial charge in [-0.2, -0.15) is 0 Å². The molecule has 3 heterocycles. The van der Waals surface area contributed by atoms with E-state index in [4.69, 9.17) is 0 Å². The van der Waals surface area contributed by atoms with Crippen molar-refractivity contribution in [2.45, 2.75) is 19.4 Å². The minimum atomic E-state index is 0.000926. The lowest BCUT2D eigenvalue weighted by molar-refractivity contribution is 0.517. The van der Waals surface area contributed by atoms with Gasteiger partial charge < -0.3 is 0 Å². The molecule has 0 radical (unpaired) electrons. The summed E-state index contributed by atoms with van der Waals surface area (Å²) in [6.07, 6.45) is 7.29. The van der Waals surface area contributed by atoms with Crippen LogP contribution in [0.5, 0.6) is 0 Å². The van der Waals surface area contributed by atoms with Crippen LogP contribution in [0.2, 0.25) is 0 Å². The molecule has 1 atom stereocenters. The van der Waals surface area contributed by atoms with Gasteiger partial charge in [0, 0.05) is 31.1 Å². The number of hydrogen-bond donors (Lipinski definition) is 0. The molecule has 3 aromatic heterocycles. The number of fused-ring (bicyclic) bond motifs is 1. The number of nitrogens with zero attached hydrogens (tertiary/aromatic N) is 4. The number of rotatable bonds is 3. The summed E-state index contributed by atoms with van der Waals surface area (Å²) in [5, 5.41) is 2.56. The molecule has 0 bridgehead atoms. The summed E-state index contributed by atoms with van der Waals surface area (Å²) in [4.78, 5) is 25.7. The quantitative estimate of drug-likeness (QED) is 0.732. The highest BCUT2D eigenvalue weighted by molar-refractivity contribution is 7.16. The summed E-state index contributed by atoms with van der Waals surface area (Å²) in [5.41, 5.74) is 0.870. The maximum absolute atomic E-state index is 12.3. The van der Waals surface area contributed by atoms with Crippen molar-refractivity contribution in [2.24, 2.45) is 0 Å². The maximum Gasteiger partial charge on any atom is 0.262 e. The van der Waals surface area contributed by atoms with Gasteiger partial charge in [0.2, 0.25) is 0 Å². The van der Waals surface area contributed by atoms with Crippen LogP contribution in [0.1, 0.15) is 18.7 Å². The van der Waals surface area contributed by atoms with Crippen LogP contribution >= 0.6 is 11.3 Å². The molecule has 0 amide bonds. The molecule has 0 spiro atoms. The molecule has 3 rings (SSSR count). The van der Waals surface area contributed by atoms with E-state index in [0.29, 0.717) is 11.8 Å². The lowest BCUT2D eigenvalue weighted by Gasteiger charge is -2.13.